The fourth-order valence-electron chi connectivity index (χ4n) is 4.95. The number of hydrogen-bond donors (Lipinski definition) is 2. The van der Waals surface area contributed by atoms with Gasteiger partial charge in [-0.05, 0) is 37.3 Å². The molecule has 29 heavy (non-hydrogen) atoms. The zero-order chi connectivity index (χ0) is 20.1. The fourth-order valence-corrected chi connectivity index (χ4v) is 4.95. The summed E-state index contributed by atoms with van der Waals surface area (Å²) in [7, 11) is 1.84. The summed E-state index contributed by atoms with van der Waals surface area (Å²) in [5, 5.41) is 6.51. The van der Waals surface area contributed by atoms with Crippen molar-refractivity contribution in [3.05, 3.63) is 23.9 Å². The molecule has 3 saturated heterocycles. The number of carbonyl (C=O) groups excluding carboxylic acids is 1. The minimum absolute atomic E-state index is 0.0727. The number of nitrogens with one attached hydrogen (secondary N) is 2. The number of amides is 1. The van der Waals surface area contributed by atoms with E-state index >= 15 is 0 Å². The van der Waals surface area contributed by atoms with Gasteiger partial charge in [0.1, 0.15) is 5.82 Å². The zero-order valence-electron chi connectivity index (χ0n) is 17.6. The van der Waals surface area contributed by atoms with Crippen molar-refractivity contribution >= 4 is 17.7 Å². The van der Waals surface area contributed by atoms with Crippen molar-refractivity contribution in [2.75, 3.05) is 44.7 Å². The second-order valence-electron chi connectivity index (χ2n) is 8.81. The number of carbonyl (C=O) groups is 1. The molecule has 1 atom stereocenters. The Morgan fingerprint density at radius 2 is 2.03 bits per heavy atom. The van der Waals surface area contributed by atoms with Gasteiger partial charge in [-0.2, -0.15) is 0 Å². The Morgan fingerprint density at radius 3 is 2.69 bits per heavy atom. The van der Waals surface area contributed by atoms with Crippen LogP contribution in [0.1, 0.15) is 50.5 Å². The Morgan fingerprint density at radius 1 is 1.21 bits per heavy atom. The van der Waals surface area contributed by atoms with Gasteiger partial charge < -0.3 is 20.4 Å². The minimum atomic E-state index is 0.0727. The standard InChI is InChI=1S/C22H34N6O/c1-23-21(28-12-6-9-22(17-28)13-20(29)26-16-22)25-15-18-7-8-19(24-14-18)27-10-4-2-3-5-11-27/h7-8,14H,2-6,9-13,15-17H2,1H3,(H,23,25)(H,26,29). The van der Waals surface area contributed by atoms with Gasteiger partial charge in [-0.3, -0.25) is 9.79 Å². The van der Waals surface area contributed by atoms with Gasteiger partial charge in [-0.1, -0.05) is 18.9 Å². The number of nitrogens with zero attached hydrogens (tertiary/aromatic N) is 4. The molecule has 0 saturated carbocycles. The van der Waals surface area contributed by atoms with Crippen LogP contribution in [0.2, 0.25) is 0 Å². The van der Waals surface area contributed by atoms with Crippen molar-refractivity contribution < 1.29 is 4.79 Å². The highest BCUT2D eigenvalue weighted by atomic mass is 16.1. The lowest BCUT2D eigenvalue weighted by Gasteiger charge is -2.40. The van der Waals surface area contributed by atoms with Crippen LogP contribution in [0.3, 0.4) is 0 Å². The molecule has 0 aliphatic carbocycles. The second kappa shape index (κ2) is 9.01. The van der Waals surface area contributed by atoms with Crippen LogP contribution in [0, 0.1) is 5.41 Å². The SMILES string of the molecule is CN=C(NCc1ccc(N2CCCCCC2)nc1)N1CCCC2(CNC(=O)C2)C1. The number of aromatic nitrogens is 1. The molecular weight excluding hydrogens is 364 g/mol. The van der Waals surface area contributed by atoms with E-state index in [9.17, 15) is 4.79 Å². The molecule has 1 unspecified atom stereocenters. The van der Waals surface area contributed by atoms with Crippen LogP contribution in [0.5, 0.6) is 0 Å². The second-order valence-corrected chi connectivity index (χ2v) is 8.81. The topological polar surface area (TPSA) is 72.9 Å². The molecule has 1 amide bonds. The maximum absolute atomic E-state index is 11.7. The summed E-state index contributed by atoms with van der Waals surface area (Å²) in [4.78, 5) is 25.7. The van der Waals surface area contributed by atoms with Crippen LogP contribution in [0.15, 0.2) is 23.3 Å². The first-order chi connectivity index (χ1) is 14.2. The number of aliphatic imine (C=N–C) groups is 1. The quantitative estimate of drug-likeness (QED) is 0.603. The third-order valence-corrected chi connectivity index (χ3v) is 6.56. The number of hydrogen-bond acceptors (Lipinski definition) is 4. The summed E-state index contributed by atoms with van der Waals surface area (Å²) in [6, 6.07) is 4.32. The van der Waals surface area contributed by atoms with E-state index in [1.54, 1.807) is 0 Å². The van der Waals surface area contributed by atoms with Gasteiger partial charge in [0, 0.05) is 64.3 Å². The average molecular weight is 399 g/mol. The fraction of sp³-hybridized carbons (Fsp3) is 0.682. The van der Waals surface area contributed by atoms with Crippen LogP contribution in [0.4, 0.5) is 5.82 Å². The highest BCUT2D eigenvalue weighted by Crippen LogP contribution is 2.36. The Bertz CT molecular complexity index is 725. The molecule has 3 aliphatic rings. The summed E-state index contributed by atoms with van der Waals surface area (Å²) >= 11 is 0. The van der Waals surface area contributed by atoms with Crippen LogP contribution in [0.25, 0.3) is 0 Å². The van der Waals surface area contributed by atoms with E-state index in [0.29, 0.717) is 13.0 Å². The molecule has 0 radical (unpaired) electrons. The predicted molar refractivity (Wildman–Crippen MR) is 116 cm³/mol. The zero-order valence-corrected chi connectivity index (χ0v) is 17.6. The predicted octanol–water partition coefficient (Wildman–Crippen LogP) is 2.14. The maximum Gasteiger partial charge on any atom is 0.220 e. The maximum atomic E-state index is 11.7. The summed E-state index contributed by atoms with van der Waals surface area (Å²) in [5.74, 6) is 2.20. The molecule has 1 aromatic heterocycles. The molecule has 3 fully saturated rings. The number of likely N-dealkylation sites (tertiary alicyclic amines) is 1. The molecule has 3 aliphatic heterocycles. The molecule has 1 aromatic rings. The van der Waals surface area contributed by atoms with Crippen molar-refractivity contribution in [1.82, 2.24) is 20.5 Å². The van der Waals surface area contributed by atoms with Gasteiger partial charge in [0.15, 0.2) is 5.96 Å². The van der Waals surface area contributed by atoms with E-state index in [2.05, 4.69) is 37.6 Å². The Labute approximate surface area is 174 Å². The monoisotopic (exact) mass is 398 g/mol. The van der Waals surface area contributed by atoms with Gasteiger partial charge in [-0.15, -0.1) is 0 Å². The highest BCUT2D eigenvalue weighted by Gasteiger charge is 2.42. The average Bonchev–Trinajstić information content (AvgIpc) is 2.94. The molecule has 7 nitrogen and oxygen atoms in total. The van der Waals surface area contributed by atoms with E-state index in [1.165, 1.54) is 25.7 Å². The first-order valence-electron chi connectivity index (χ1n) is 11.1. The van der Waals surface area contributed by atoms with Crippen molar-refractivity contribution in [3.63, 3.8) is 0 Å². The van der Waals surface area contributed by atoms with E-state index in [0.717, 1.165) is 62.9 Å². The third kappa shape index (κ3) is 4.82. The summed E-state index contributed by atoms with van der Waals surface area (Å²) in [6.07, 6.45) is 10.0. The van der Waals surface area contributed by atoms with Crippen LogP contribution in [-0.2, 0) is 11.3 Å². The lowest BCUT2D eigenvalue weighted by molar-refractivity contribution is -0.119. The van der Waals surface area contributed by atoms with Gasteiger partial charge in [-0.25, -0.2) is 4.98 Å². The van der Waals surface area contributed by atoms with Crippen molar-refractivity contribution in [2.24, 2.45) is 10.4 Å². The van der Waals surface area contributed by atoms with Crippen LogP contribution in [-0.4, -0.2) is 61.5 Å². The number of guanidine groups is 1. The lowest BCUT2D eigenvalue weighted by atomic mass is 9.79. The molecule has 1 spiro atoms. The van der Waals surface area contributed by atoms with Crippen LogP contribution < -0.4 is 15.5 Å². The number of anilines is 1. The van der Waals surface area contributed by atoms with Gasteiger partial charge >= 0.3 is 0 Å². The molecule has 4 rings (SSSR count). The Hall–Kier alpha value is -2.31. The van der Waals surface area contributed by atoms with E-state index < -0.39 is 0 Å². The molecule has 2 N–H and O–H groups in total. The highest BCUT2D eigenvalue weighted by molar-refractivity contribution is 5.81. The van der Waals surface area contributed by atoms with Gasteiger partial charge in [0.25, 0.3) is 0 Å². The van der Waals surface area contributed by atoms with Crippen molar-refractivity contribution in [3.8, 4) is 0 Å². The number of piperidine rings is 1. The van der Waals surface area contributed by atoms with E-state index in [1.807, 2.05) is 13.2 Å². The van der Waals surface area contributed by atoms with Crippen LogP contribution >= 0.6 is 0 Å². The third-order valence-electron chi connectivity index (χ3n) is 6.56. The number of pyridine rings is 1. The normalized spacial score (nSPS) is 25.8. The lowest BCUT2D eigenvalue weighted by Crippen LogP contribution is -2.51. The molecular formula is C22H34N6O. The van der Waals surface area contributed by atoms with E-state index in [-0.39, 0.29) is 11.3 Å². The molecule has 0 bridgehead atoms. The minimum Gasteiger partial charge on any atom is -0.357 e. The molecule has 158 valence electrons. The molecule has 7 heteroatoms. The van der Waals surface area contributed by atoms with Crippen molar-refractivity contribution in [2.45, 2.75) is 51.5 Å². The summed E-state index contributed by atoms with van der Waals surface area (Å²) in [5.41, 5.74) is 1.23. The Kier molecular flexibility index (Phi) is 6.21. The molecule has 0 aromatic carbocycles. The summed E-state index contributed by atoms with van der Waals surface area (Å²) < 4.78 is 0. The Balaban J connectivity index is 1.33. The first kappa shape index (κ1) is 20.0. The van der Waals surface area contributed by atoms with Gasteiger partial charge in [0.2, 0.25) is 5.91 Å². The smallest absolute Gasteiger partial charge is 0.220 e. The van der Waals surface area contributed by atoms with E-state index in [4.69, 9.17) is 4.98 Å². The van der Waals surface area contributed by atoms with Crippen molar-refractivity contribution in [1.29, 1.82) is 0 Å². The number of rotatable bonds is 3. The first-order valence-corrected chi connectivity index (χ1v) is 11.1. The van der Waals surface area contributed by atoms with Gasteiger partial charge in [0.05, 0.1) is 0 Å². The summed E-state index contributed by atoms with van der Waals surface area (Å²) in [6.45, 7) is 5.61. The largest absolute Gasteiger partial charge is 0.357 e. The molecule has 4 heterocycles.